The number of allylic oxidation sites excluding steroid dienone is 1. The van der Waals surface area contributed by atoms with E-state index >= 15 is 0 Å². The van der Waals surface area contributed by atoms with E-state index in [0.29, 0.717) is 35.3 Å². The second kappa shape index (κ2) is 9.04. The molecule has 0 radical (unpaired) electrons. The Morgan fingerprint density at radius 3 is 2.81 bits per heavy atom. The number of carbonyl (C=O) groups is 1. The third-order valence-electron chi connectivity index (χ3n) is 5.17. The van der Waals surface area contributed by atoms with Gasteiger partial charge in [0.05, 0.1) is 23.8 Å². The van der Waals surface area contributed by atoms with Crippen molar-refractivity contribution in [2.24, 2.45) is 0 Å². The van der Waals surface area contributed by atoms with Gasteiger partial charge < -0.3 is 20.1 Å². The van der Waals surface area contributed by atoms with Crippen LogP contribution < -0.4 is 20.1 Å². The number of amides is 1. The SMILES string of the molecule is CCOc1cc(C2C(C(=O)Nc3cccc(C)c3)=C(C)Nc3ncnn32)cc(Br)c1OC. The van der Waals surface area contributed by atoms with Crippen LogP contribution in [0, 0.1) is 6.92 Å². The number of aromatic nitrogens is 3. The quantitative estimate of drug-likeness (QED) is 0.513. The maximum absolute atomic E-state index is 13.5. The molecule has 0 saturated carbocycles. The molecule has 1 atom stereocenters. The molecule has 2 aromatic carbocycles. The minimum Gasteiger partial charge on any atom is -0.492 e. The van der Waals surface area contributed by atoms with Gasteiger partial charge in [0.1, 0.15) is 12.4 Å². The zero-order chi connectivity index (χ0) is 22.8. The van der Waals surface area contributed by atoms with Crippen molar-refractivity contribution in [3.63, 3.8) is 0 Å². The number of ether oxygens (including phenoxy) is 2. The van der Waals surface area contributed by atoms with Crippen molar-refractivity contribution in [2.75, 3.05) is 24.4 Å². The molecule has 0 spiro atoms. The maximum atomic E-state index is 13.5. The first kappa shape index (κ1) is 21.9. The van der Waals surface area contributed by atoms with E-state index in [0.717, 1.165) is 21.3 Å². The van der Waals surface area contributed by atoms with E-state index in [4.69, 9.17) is 9.47 Å². The van der Waals surface area contributed by atoms with Crippen LogP contribution in [0.25, 0.3) is 0 Å². The molecule has 9 heteroatoms. The molecule has 1 unspecified atom stereocenters. The first-order valence-corrected chi connectivity index (χ1v) is 11.0. The largest absolute Gasteiger partial charge is 0.492 e. The van der Waals surface area contributed by atoms with Crippen molar-refractivity contribution < 1.29 is 14.3 Å². The summed E-state index contributed by atoms with van der Waals surface area (Å²) in [6, 6.07) is 11.0. The van der Waals surface area contributed by atoms with Crippen molar-refractivity contribution in [1.29, 1.82) is 0 Å². The summed E-state index contributed by atoms with van der Waals surface area (Å²) in [6.07, 6.45) is 1.46. The van der Waals surface area contributed by atoms with E-state index in [1.807, 2.05) is 57.2 Å². The van der Waals surface area contributed by atoms with Gasteiger partial charge in [0.15, 0.2) is 11.5 Å². The number of halogens is 1. The van der Waals surface area contributed by atoms with E-state index in [9.17, 15) is 4.79 Å². The Hall–Kier alpha value is -3.33. The van der Waals surface area contributed by atoms with Gasteiger partial charge in [-0.3, -0.25) is 4.79 Å². The fraction of sp³-hybridized carbons (Fsp3) is 0.261. The summed E-state index contributed by atoms with van der Waals surface area (Å²) in [5.74, 6) is 1.51. The smallest absolute Gasteiger partial charge is 0.255 e. The summed E-state index contributed by atoms with van der Waals surface area (Å²) >= 11 is 3.58. The van der Waals surface area contributed by atoms with Gasteiger partial charge in [-0.25, -0.2) is 4.68 Å². The zero-order valence-corrected chi connectivity index (χ0v) is 19.9. The number of methoxy groups -OCH3 is 1. The van der Waals surface area contributed by atoms with Crippen molar-refractivity contribution in [1.82, 2.24) is 14.8 Å². The molecule has 0 fully saturated rings. The number of fused-ring (bicyclic) bond motifs is 1. The Kier molecular flexibility index (Phi) is 6.18. The van der Waals surface area contributed by atoms with Crippen molar-refractivity contribution >= 4 is 33.5 Å². The zero-order valence-electron chi connectivity index (χ0n) is 18.3. The molecule has 0 aliphatic carbocycles. The van der Waals surface area contributed by atoms with Gasteiger partial charge in [-0.05, 0) is 72.1 Å². The molecule has 32 heavy (non-hydrogen) atoms. The highest BCUT2D eigenvalue weighted by molar-refractivity contribution is 9.10. The minimum absolute atomic E-state index is 0.225. The minimum atomic E-state index is -0.514. The third kappa shape index (κ3) is 4.08. The molecule has 2 heterocycles. The Bertz CT molecular complexity index is 1200. The summed E-state index contributed by atoms with van der Waals surface area (Å²) in [5, 5.41) is 10.6. The number of benzene rings is 2. The fourth-order valence-corrected chi connectivity index (χ4v) is 4.44. The molecule has 8 nitrogen and oxygen atoms in total. The molecular formula is C23H24BrN5O3. The number of nitrogens with zero attached hydrogens (tertiary/aromatic N) is 3. The van der Waals surface area contributed by atoms with Crippen LogP contribution in [0.4, 0.5) is 11.6 Å². The Labute approximate surface area is 194 Å². The molecule has 2 N–H and O–H groups in total. The molecule has 1 aliphatic heterocycles. The molecule has 3 aromatic rings. The van der Waals surface area contributed by atoms with Gasteiger partial charge in [-0.1, -0.05) is 12.1 Å². The molecular weight excluding hydrogens is 474 g/mol. The lowest BCUT2D eigenvalue weighted by Crippen LogP contribution is -2.31. The van der Waals surface area contributed by atoms with Crippen LogP contribution in [0.5, 0.6) is 11.5 Å². The van der Waals surface area contributed by atoms with Crippen LogP contribution in [-0.2, 0) is 4.79 Å². The summed E-state index contributed by atoms with van der Waals surface area (Å²) in [6.45, 7) is 6.22. The summed E-state index contributed by atoms with van der Waals surface area (Å²) in [5.41, 5.74) is 3.83. The van der Waals surface area contributed by atoms with Crippen LogP contribution in [0.1, 0.15) is 31.0 Å². The first-order valence-electron chi connectivity index (χ1n) is 10.2. The number of anilines is 2. The number of hydrogen-bond acceptors (Lipinski definition) is 6. The normalized spacial score (nSPS) is 15.1. The molecule has 166 valence electrons. The highest BCUT2D eigenvalue weighted by atomic mass is 79.9. The lowest BCUT2D eigenvalue weighted by atomic mass is 9.94. The van der Waals surface area contributed by atoms with Crippen molar-refractivity contribution in [3.05, 3.63) is 69.6 Å². The summed E-state index contributed by atoms with van der Waals surface area (Å²) in [7, 11) is 1.59. The standard InChI is InChI=1S/C23H24BrN5O3/c1-5-32-18-11-15(10-17(24)21(18)31-4)20-19(14(3)27-23-25-12-26-29(20)23)22(30)28-16-8-6-7-13(2)9-16/h6-12,20H,5H2,1-4H3,(H,28,30)(H,25,26,27). The number of aryl methyl sites for hydroxylation is 1. The molecule has 1 aromatic heterocycles. The monoisotopic (exact) mass is 497 g/mol. The van der Waals surface area contributed by atoms with Gasteiger partial charge in [-0.15, -0.1) is 0 Å². The lowest BCUT2D eigenvalue weighted by Gasteiger charge is -2.29. The first-order chi connectivity index (χ1) is 15.4. The second-order valence-corrected chi connectivity index (χ2v) is 8.24. The molecule has 1 amide bonds. The van der Waals surface area contributed by atoms with E-state index < -0.39 is 6.04 Å². The van der Waals surface area contributed by atoms with Crippen LogP contribution in [0.3, 0.4) is 0 Å². The highest BCUT2D eigenvalue weighted by Gasteiger charge is 2.34. The number of nitrogens with one attached hydrogen (secondary N) is 2. The molecule has 1 aliphatic rings. The van der Waals surface area contributed by atoms with E-state index in [2.05, 4.69) is 36.6 Å². The van der Waals surface area contributed by atoms with Gasteiger partial charge in [0.25, 0.3) is 5.91 Å². The number of rotatable bonds is 6. The van der Waals surface area contributed by atoms with Crippen LogP contribution in [0.15, 0.2) is 58.5 Å². The van der Waals surface area contributed by atoms with Crippen LogP contribution in [0.2, 0.25) is 0 Å². The van der Waals surface area contributed by atoms with Crippen molar-refractivity contribution in [2.45, 2.75) is 26.8 Å². The summed E-state index contributed by atoms with van der Waals surface area (Å²) in [4.78, 5) is 17.8. The third-order valence-corrected chi connectivity index (χ3v) is 5.76. The van der Waals surface area contributed by atoms with Gasteiger partial charge >= 0.3 is 0 Å². The van der Waals surface area contributed by atoms with E-state index in [1.165, 1.54) is 6.33 Å². The van der Waals surface area contributed by atoms with Gasteiger partial charge in [0.2, 0.25) is 5.95 Å². The summed E-state index contributed by atoms with van der Waals surface area (Å²) < 4.78 is 13.7. The lowest BCUT2D eigenvalue weighted by molar-refractivity contribution is -0.113. The Morgan fingerprint density at radius 2 is 2.09 bits per heavy atom. The molecule has 0 saturated heterocycles. The van der Waals surface area contributed by atoms with Crippen molar-refractivity contribution in [3.8, 4) is 11.5 Å². The number of hydrogen-bond donors (Lipinski definition) is 2. The van der Waals surface area contributed by atoms with Gasteiger partial charge in [0, 0.05) is 11.4 Å². The average molecular weight is 498 g/mol. The Balaban J connectivity index is 1.82. The highest BCUT2D eigenvalue weighted by Crippen LogP contribution is 2.42. The maximum Gasteiger partial charge on any atom is 0.255 e. The van der Waals surface area contributed by atoms with E-state index in [-0.39, 0.29) is 5.91 Å². The van der Waals surface area contributed by atoms with Crippen LogP contribution >= 0.6 is 15.9 Å². The predicted molar refractivity (Wildman–Crippen MR) is 126 cm³/mol. The fourth-order valence-electron chi connectivity index (χ4n) is 3.82. The number of carbonyl (C=O) groups excluding carboxylic acids is 1. The van der Waals surface area contributed by atoms with Crippen LogP contribution in [-0.4, -0.2) is 34.4 Å². The topological polar surface area (TPSA) is 90.3 Å². The Morgan fingerprint density at radius 1 is 1.28 bits per heavy atom. The molecule has 0 bridgehead atoms. The van der Waals surface area contributed by atoms with Gasteiger partial charge in [-0.2, -0.15) is 10.1 Å². The van der Waals surface area contributed by atoms with E-state index in [1.54, 1.807) is 11.8 Å². The second-order valence-electron chi connectivity index (χ2n) is 7.39. The average Bonchev–Trinajstić information content (AvgIpc) is 3.20. The predicted octanol–water partition coefficient (Wildman–Crippen LogP) is 4.68. The molecule has 4 rings (SSSR count).